The van der Waals surface area contributed by atoms with Gasteiger partial charge in [-0.3, -0.25) is 0 Å². The Morgan fingerprint density at radius 1 is 1.31 bits per heavy atom. The fraction of sp³-hybridized carbons (Fsp3) is 0.588. The standard InChI is InChI=1S/C17H27N3O5S/c1-3-25-15-8-7-14(19-17(22)18-13(2)12-21)11-16(15)26(23,24)20-9-5-4-6-10-20/h7-8,11,13,21H,3-6,9-10,12H2,1-2H3,(H2,18,19,22)/t13-/m1/s1. The van der Waals surface area contributed by atoms with Crippen molar-refractivity contribution in [1.29, 1.82) is 0 Å². The zero-order valence-electron chi connectivity index (χ0n) is 15.2. The number of ether oxygens (including phenoxy) is 1. The summed E-state index contributed by atoms with van der Waals surface area (Å²) in [5.41, 5.74) is 0.340. The van der Waals surface area contributed by atoms with E-state index in [2.05, 4.69) is 10.6 Å². The second-order valence-electron chi connectivity index (χ2n) is 6.24. The van der Waals surface area contributed by atoms with Crippen molar-refractivity contribution in [3.05, 3.63) is 18.2 Å². The number of piperidine rings is 1. The highest BCUT2D eigenvalue weighted by Gasteiger charge is 2.29. The van der Waals surface area contributed by atoms with Crippen molar-refractivity contribution in [1.82, 2.24) is 9.62 Å². The van der Waals surface area contributed by atoms with Crippen LogP contribution in [-0.4, -0.2) is 56.2 Å². The molecule has 8 nitrogen and oxygen atoms in total. The summed E-state index contributed by atoms with van der Waals surface area (Å²) in [5, 5.41) is 14.1. The first kappa shape index (κ1) is 20.5. The van der Waals surface area contributed by atoms with Crippen molar-refractivity contribution in [2.24, 2.45) is 0 Å². The second kappa shape index (κ2) is 9.20. The summed E-state index contributed by atoms with van der Waals surface area (Å²) in [6.07, 6.45) is 2.69. The Labute approximate surface area is 154 Å². The molecule has 0 aromatic heterocycles. The molecule has 0 unspecified atom stereocenters. The van der Waals surface area contributed by atoms with Crippen molar-refractivity contribution in [3.63, 3.8) is 0 Å². The molecule has 2 amide bonds. The fourth-order valence-electron chi connectivity index (χ4n) is 2.74. The second-order valence-corrected chi connectivity index (χ2v) is 8.15. The van der Waals surface area contributed by atoms with Gasteiger partial charge in [0.15, 0.2) is 0 Å². The quantitative estimate of drug-likeness (QED) is 0.663. The first-order valence-corrected chi connectivity index (χ1v) is 10.3. The Bertz CT molecular complexity index is 717. The first-order valence-electron chi connectivity index (χ1n) is 8.84. The molecular weight excluding hydrogens is 358 g/mol. The van der Waals surface area contributed by atoms with Gasteiger partial charge in [-0.05, 0) is 44.9 Å². The number of hydrogen-bond acceptors (Lipinski definition) is 5. The fourth-order valence-corrected chi connectivity index (χ4v) is 4.42. The van der Waals surface area contributed by atoms with Gasteiger partial charge >= 0.3 is 6.03 Å². The van der Waals surface area contributed by atoms with Gasteiger partial charge < -0.3 is 20.5 Å². The van der Waals surface area contributed by atoms with E-state index in [9.17, 15) is 13.2 Å². The van der Waals surface area contributed by atoms with E-state index in [1.54, 1.807) is 26.0 Å². The molecule has 0 aliphatic carbocycles. The molecule has 0 radical (unpaired) electrons. The van der Waals surface area contributed by atoms with Crippen LogP contribution in [0.3, 0.4) is 0 Å². The monoisotopic (exact) mass is 385 g/mol. The molecular formula is C17H27N3O5S. The summed E-state index contributed by atoms with van der Waals surface area (Å²) in [6, 6.07) is 3.62. The van der Waals surface area contributed by atoms with Crippen LogP contribution in [0.5, 0.6) is 5.75 Å². The lowest BCUT2D eigenvalue weighted by atomic mass is 10.2. The third-order valence-corrected chi connectivity index (χ3v) is 6.01. The van der Waals surface area contributed by atoms with Crippen molar-refractivity contribution < 1.29 is 23.1 Å². The number of hydrogen-bond donors (Lipinski definition) is 3. The maximum atomic E-state index is 13.0. The Morgan fingerprint density at radius 3 is 2.62 bits per heavy atom. The van der Waals surface area contributed by atoms with E-state index >= 15 is 0 Å². The molecule has 1 aromatic rings. The highest BCUT2D eigenvalue weighted by Crippen LogP contribution is 2.31. The number of amides is 2. The summed E-state index contributed by atoms with van der Waals surface area (Å²) in [7, 11) is -3.70. The van der Waals surface area contributed by atoms with Gasteiger partial charge in [-0.25, -0.2) is 13.2 Å². The number of urea groups is 1. The van der Waals surface area contributed by atoms with Gasteiger partial charge in [0.05, 0.1) is 19.3 Å². The predicted molar refractivity (Wildman–Crippen MR) is 98.9 cm³/mol. The topological polar surface area (TPSA) is 108 Å². The normalized spacial score (nSPS) is 16.7. The number of nitrogens with one attached hydrogen (secondary N) is 2. The van der Waals surface area contributed by atoms with Gasteiger partial charge in [-0.2, -0.15) is 4.31 Å². The van der Waals surface area contributed by atoms with Crippen molar-refractivity contribution in [3.8, 4) is 5.75 Å². The molecule has 1 saturated heterocycles. The van der Waals surface area contributed by atoms with Crippen LogP contribution in [0.4, 0.5) is 10.5 Å². The molecule has 0 bridgehead atoms. The van der Waals surface area contributed by atoms with E-state index in [1.165, 1.54) is 10.4 Å². The lowest BCUT2D eigenvalue weighted by Gasteiger charge is -2.27. The Morgan fingerprint density at radius 2 is 2.00 bits per heavy atom. The SMILES string of the molecule is CCOc1ccc(NC(=O)N[C@H](C)CO)cc1S(=O)(=O)N1CCCCC1. The summed E-state index contributed by atoms with van der Waals surface area (Å²) >= 11 is 0. The number of benzene rings is 1. The molecule has 0 saturated carbocycles. The maximum Gasteiger partial charge on any atom is 0.319 e. The molecule has 1 fully saturated rings. The van der Waals surface area contributed by atoms with Crippen molar-refractivity contribution in [2.45, 2.75) is 44.0 Å². The molecule has 2 rings (SSSR count). The molecule has 1 aliphatic heterocycles. The first-order chi connectivity index (χ1) is 12.4. The number of aliphatic hydroxyl groups is 1. The molecule has 26 heavy (non-hydrogen) atoms. The molecule has 1 heterocycles. The molecule has 1 aromatic carbocycles. The highest BCUT2D eigenvalue weighted by atomic mass is 32.2. The summed E-state index contributed by atoms with van der Waals surface area (Å²) < 4.78 is 33.0. The third kappa shape index (κ3) is 5.09. The average Bonchev–Trinajstić information content (AvgIpc) is 2.63. The van der Waals surface area contributed by atoms with Crippen LogP contribution in [-0.2, 0) is 10.0 Å². The summed E-state index contributed by atoms with van der Waals surface area (Å²) in [4.78, 5) is 12.0. The number of nitrogens with zero attached hydrogens (tertiary/aromatic N) is 1. The minimum atomic E-state index is -3.70. The van der Waals surface area contributed by atoms with E-state index < -0.39 is 22.1 Å². The third-order valence-electron chi connectivity index (χ3n) is 4.09. The molecule has 1 atom stereocenters. The van der Waals surface area contributed by atoms with Gasteiger partial charge in [-0.15, -0.1) is 0 Å². The van der Waals surface area contributed by atoms with Crippen molar-refractivity contribution in [2.75, 3.05) is 31.6 Å². The smallest absolute Gasteiger partial charge is 0.319 e. The van der Waals surface area contributed by atoms with E-state index in [0.29, 0.717) is 25.4 Å². The summed E-state index contributed by atoms with van der Waals surface area (Å²) in [6.45, 7) is 4.56. The molecule has 0 spiro atoms. The lowest BCUT2D eigenvalue weighted by Crippen LogP contribution is -2.38. The molecule has 1 aliphatic rings. The van der Waals surface area contributed by atoms with Crippen molar-refractivity contribution >= 4 is 21.7 Å². The number of rotatable bonds is 7. The highest BCUT2D eigenvalue weighted by molar-refractivity contribution is 7.89. The number of carbonyl (C=O) groups is 1. The van der Waals surface area contributed by atoms with Gasteiger partial charge in [0, 0.05) is 18.8 Å². The molecule has 146 valence electrons. The zero-order valence-corrected chi connectivity index (χ0v) is 16.0. The maximum absolute atomic E-state index is 13.0. The minimum absolute atomic E-state index is 0.0502. The number of sulfonamides is 1. The van der Waals surface area contributed by atoms with Crippen LogP contribution in [0.15, 0.2) is 23.1 Å². The number of carbonyl (C=O) groups excluding carboxylic acids is 1. The van der Waals surface area contributed by atoms with Crippen LogP contribution in [0.25, 0.3) is 0 Å². The van der Waals surface area contributed by atoms with E-state index in [0.717, 1.165) is 19.3 Å². The van der Waals surface area contributed by atoms with E-state index in [-0.39, 0.29) is 17.3 Å². The largest absolute Gasteiger partial charge is 0.492 e. The Balaban J connectivity index is 2.29. The van der Waals surface area contributed by atoms with Crippen LogP contribution < -0.4 is 15.4 Å². The summed E-state index contributed by atoms with van der Waals surface area (Å²) in [5.74, 6) is 0.271. The molecule has 3 N–H and O–H groups in total. The van der Waals surface area contributed by atoms with Gasteiger partial charge in [0.1, 0.15) is 10.6 Å². The van der Waals surface area contributed by atoms with Gasteiger partial charge in [0.2, 0.25) is 10.0 Å². The van der Waals surface area contributed by atoms with Gasteiger partial charge in [0.25, 0.3) is 0 Å². The van der Waals surface area contributed by atoms with Crippen LogP contribution in [0.1, 0.15) is 33.1 Å². The van der Waals surface area contributed by atoms with Crippen LogP contribution in [0, 0.1) is 0 Å². The molecule has 9 heteroatoms. The zero-order chi connectivity index (χ0) is 19.2. The van der Waals surface area contributed by atoms with Crippen LogP contribution >= 0.6 is 0 Å². The van der Waals surface area contributed by atoms with E-state index in [1.807, 2.05) is 0 Å². The Kier molecular flexibility index (Phi) is 7.24. The Hall–Kier alpha value is -1.84. The number of anilines is 1. The van der Waals surface area contributed by atoms with Crippen LogP contribution in [0.2, 0.25) is 0 Å². The average molecular weight is 385 g/mol. The van der Waals surface area contributed by atoms with Gasteiger partial charge in [-0.1, -0.05) is 6.42 Å². The van der Waals surface area contributed by atoms with E-state index in [4.69, 9.17) is 9.84 Å². The lowest BCUT2D eigenvalue weighted by molar-refractivity contribution is 0.229. The minimum Gasteiger partial charge on any atom is -0.492 e. The predicted octanol–water partition coefficient (Wildman–Crippen LogP) is 1.76. The number of aliphatic hydroxyl groups excluding tert-OH is 1.